The van der Waals surface area contributed by atoms with Gasteiger partial charge in [0.1, 0.15) is 5.69 Å². The maximum absolute atomic E-state index is 12.6. The van der Waals surface area contributed by atoms with E-state index in [-0.39, 0.29) is 17.6 Å². The molecule has 1 aliphatic rings. The first kappa shape index (κ1) is 16.1. The van der Waals surface area contributed by atoms with Gasteiger partial charge in [-0.2, -0.15) is 5.10 Å². The first-order valence-electron chi connectivity index (χ1n) is 7.84. The minimum absolute atomic E-state index is 0.00962. The largest absolute Gasteiger partial charge is 0.349 e. The molecule has 1 aromatic heterocycles. The molecule has 1 saturated heterocycles. The van der Waals surface area contributed by atoms with E-state index in [2.05, 4.69) is 15.7 Å². The number of aryl methyl sites for hydroxylation is 1. The summed E-state index contributed by atoms with van der Waals surface area (Å²) in [4.78, 5) is 22.9. The second-order valence-corrected chi connectivity index (χ2v) is 5.87. The molecule has 1 amide bonds. The Balaban J connectivity index is 1.84. The van der Waals surface area contributed by atoms with Crippen LogP contribution in [0.25, 0.3) is 11.3 Å². The molecule has 0 aliphatic carbocycles. The number of carbonyl (C=O) groups is 1. The van der Waals surface area contributed by atoms with Crippen LogP contribution in [0.15, 0.2) is 30.5 Å². The fourth-order valence-corrected chi connectivity index (χ4v) is 2.84. The average Bonchev–Trinajstić information content (AvgIpc) is 2.98. The molecule has 1 aromatic carbocycles. The quantitative estimate of drug-likeness (QED) is 0.653. The molecule has 24 heavy (non-hydrogen) atoms. The van der Waals surface area contributed by atoms with E-state index in [1.54, 1.807) is 30.1 Å². The highest BCUT2D eigenvalue weighted by Crippen LogP contribution is 2.24. The minimum Gasteiger partial charge on any atom is -0.349 e. The first-order valence-corrected chi connectivity index (χ1v) is 7.84. The maximum Gasteiger partial charge on any atom is 0.269 e. The zero-order valence-electron chi connectivity index (χ0n) is 13.4. The second-order valence-electron chi connectivity index (χ2n) is 5.87. The van der Waals surface area contributed by atoms with Gasteiger partial charge in [-0.3, -0.25) is 19.6 Å². The van der Waals surface area contributed by atoms with Gasteiger partial charge in [-0.1, -0.05) is 0 Å². The number of carbonyl (C=O) groups excluding carboxylic acids is 1. The molecule has 0 spiro atoms. The lowest BCUT2D eigenvalue weighted by Crippen LogP contribution is -2.42. The van der Waals surface area contributed by atoms with Crippen LogP contribution in [0.4, 0.5) is 5.69 Å². The summed E-state index contributed by atoms with van der Waals surface area (Å²) >= 11 is 0. The van der Waals surface area contributed by atoms with Crippen molar-refractivity contribution in [3.63, 3.8) is 0 Å². The van der Waals surface area contributed by atoms with Crippen LogP contribution >= 0.6 is 0 Å². The van der Waals surface area contributed by atoms with Crippen LogP contribution in [0.3, 0.4) is 0 Å². The van der Waals surface area contributed by atoms with Gasteiger partial charge in [0.2, 0.25) is 0 Å². The van der Waals surface area contributed by atoms with Crippen LogP contribution in [0.1, 0.15) is 23.2 Å². The lowest BCUT2D eigenvalue weighted by Gasteiger charge is -2.23. The Kier molecular flexibility index (Phi) is 4.57. The van der Waals surface area contributed by atoms with Gasteiger partial charge in [-0.15, -0.1) is 0 Å². The minimum atomic E-state index is -0.451. The van der Waals surface area contributed by atoms with Gasteiger partial charge >= 0.3 is 0 Å². The zero-order chi connectivity index (χ0) is 17.1. The number of benzene rings is 1. The molecular formula is C16H19N5O3. The predicted molar refractivity (Wildman–Crippen MR) is 88.7 cm³/mol. The van der Waals surface area contributed by atoms with Crippen molar-refractivity contribution in [3.05, 3.63) is 46.1 Å². The van der Waals surface area contributed by atoms with Crippen LogP contribution in [-0.4, -0.2) is 39.7 Å². The third kappa shape index (κ3) is 3.43. The molecule has 0 saturated carbocycles. The number of amides is 1. The smallest absolute Gasteiger partial charge is 0.269 e. The molecule has 0 unspecified atom stereocenters. The summed E-state index contributed by atoms with van der Waals surface area (Å²) in [6.07, 6.45) is 3.48. The van der Waals surface area contributed by atoms with Gasteiger partial charge in [0.25, 0.3) is 11.6 Å². The maximum atomic E-state index is 12.6. The van der Waals surface area contributed by atoms with Crippen LogP contribution < -0.4 is 10.6 Å². The fourth-order valence-electron chi connectivity index (χ4n) is 2.84. The number of nitro benzene ring substituents is 1. The van der Waals surface area contributed by atoms with Crippen LogP contribution in [0.5, 0.6) is 0 Å². The van der Waals surface area contributed by atoms with Gasteiger partial charge in [0, 0.05) is 37.0 Å². The molecule has 3 rings (SSSR count). The van der Waals surface area contributed by atoms with Crippen molar-refractivity contribution in [2.75, 3.05) is 13.1 Å². The molecule has 8 nitrogen and oxygen atoms in total. The zero-order valence-corrected chi connectivity index (χ0v) is 13.4. The number of nitrogens with zero attached hydrogens (tertiary/aromatic N) is 3. The summed E-state index contributed by atoms with van der Waals surface area (Å²) in [7, 11) is 1.75. The SMILES string of the molecule is Cn1cc(C(=O)NC2CCNCC2)c(-c2ccc([N+](=O)[O-])cc2)n1. The van der Waals surface area contributed by atoms with E-state index in [0.29, 0.717) is 16.8 Å². The monoisotopic (exact) mass is 329 g/mol. The third-order valence-corrected chi connectivity index (χ3v) is 4.10. The molecule has 0 atom stereocenters. The van der Waals surface area contributed by atoms with Crippen molar-refractivity contribution in [1.82, 2.24) is 20.4 Å². The Labute approximate surface area is 139 Å². The van der Waals surface area contributed by atoms with Gasteiger partial charge in [-0.25, -0.2) is 0 Å². The molecule has 2 N–H and O–H groups in total. The summed E-state index contributed by atoms with van der Waals surface area (Å²) in [6, 6.07) is 6.21. The van der Waals surface area contributed by atoms with Crippen molar-refractivity contribution in [2.24, 2.45) is 7.05 Å². The topological polar surface area (TPSA) is 102 Å². The second kappa shape index (κ2) is 6.79. The predicted octanol–water partition coefficient (Wildman–Crippen LogP) is 1.48. The molecule has 0 bridgehead atoms. The first-order chi connectivity index (χ1) is 11.5. The summed E-state index contributed by atoms with van der Waals surface area (Å²) in [5.41, 5.74) is 1.69. The number of piperidine rings is 1. The number of hydrogen-bond acceptors (Lipinski definition) is 5. The van der Waals surface area contributed by atoms with E-state index < -0.39 is 4.92 Å². The van der Waals surface area contributed by atoms with Crippen LogP contribution in [0.2, 0.25) is 0 Å². The van der Waals surface area contributed by atoms with E-state index in [4.69, 9.17) is 0 Å². The van der Waals surface area contributed by atoms with E-state index in [0.717, 1.165) is 25.9 Å². The summed E-state index contributed by atoms with van der Waals surface area (Å²) in [5.74, 6) is -0.164. The Bertz CT molecular complexity index is 748. The van der Waals surface area contributed by atoms with Gasteiger partial charge in [-0.05, 0) is 38.1 Å². The highest BCUT2D eigenvalue weighted by atomic mass is 16.6. The van der Waals surface area contributed by atoms with Crippen molar-refractivity contribution in [1.29, 1.82) is 0 Å². The molecule has 1 fully saturated rings. The summed E-state index contributed by atoms with van der Waals surface area (Å²) in [6.45, 7) is 1.79. The van der Waals surface area contributed by atoms with Crippen molar-refractivity contribution in [3.8, 4) is 11.3 Å². The number of aromatic nitrogens is 2. The van der Waals surface area contributed by atoms with E-state index in [1.807, 2.05) is 0 Å². The van der Waals surface area contributed by atoms with Gasteiger partial charge in [0.05, 0.1) is 10.5 Å². The summed E-state index contributed by atoms with van der Waals surface area (Å²) in [5, 5.41) is 21.4. The fraction of sp³-hybridized carbons (Fsp3) is 0.375. The number of non-ortho nitro benzene ring substituents is 1. The van der Waals surface area contributed by atoms with Crippen LogP contribution in [0, 0.1) is 10.1 Å². The van der Waals surface area contributed by atoms with Crippen molar-refractivity contribution in [2.45, 2.75) is 18.9 Å². The molecule has 2 aromatic rings. The Hall–Kier alpha value is -2.74. The van der Waals surface area contributed by atoms with E-state index in [9.17, 15) is 14.9 Å². The number of nitro groups is 1. The number of hydrogen-bond donors (Lipinski definition) is 2. The third-order valence-electron chi connectivity index (χ3n) is 4.10. The molecule has 0 radical (unpaired) electrons. The highest BCUT2D eigenvalue weighted by molar-refractivity contribution is 6.00. The molecule has 2 heterocycles. The lowest BCUT2D eigenvalue weighted by molar-refractivity contribution is -0.384. The summed E-state index contributed by atoms with van der Waals surface area (Å²) < 4.78 is 1.58. The van der Waals surface area contributed by atoms with Gasteiger partial charge in [0.15, 0.2) is 0 Å². The van der Waals surface area contributed by atoms with Gasteiger partial charge < -0.3 is 10.6 Å². The van der Waals surface area contributed by atoms with Crippen LogP contribution in [-0.2, 0) is 7.05 Å². The molecule has 1 aliphatic heterocycles. The molecule has 8 heteroatoms. The Morgan fingerprint density at radius 3 is 2.62 bits per heavy atom. The van der Waals surface area contributed by atoms with Crippen molar-refractivity contribution >= 4 is 11.6 Å². The Morgan fingerprint density at radius 1 is 1.33 bits per heavy atom. The molecule has 126 valence electrons. The highest BCUT2D eigenvalue weighted by Gasteiger charge is 2.21. The average molecular weight is 329 g/mol. The van der Waals surface area contributed by atoms with E-state index >= 15 is 0 Å². The molecular weight excluding hydrogens is 310 g/mol. The Morgan fingerprint density at radius 2 is 2.00 bits per heavy atom. The van der Waals surface area contributed by atoms with Crippen molar-refractivity contribution < 1.29 is 9.72 Å². The number of rotatable bonds is 4. The normalized spacial score (nSPS) is 15.2. The van der Waals surface area contributed by atoms with E-state index in [1.165, 1.54) is 12.1 Å². The lowest BCUT2D eigenvalue weighted by atomic mass is 10.0. The number of nitrogens with one attached hydrogen (secondary N) is 2. The standard InChI is InChI=1S/C16H19N5O3/c1-20-10-14(16(22)18-12-6-8-17-9-7-12)15(19-20)11-2-4-13(5-3-11)21(23)24/h2-5,10,12,17H,6-9H2,1H3,(H,18,22).